The number of benzene rings is 2. The van der Waals surface area contributed by atoms with E-state index in [4.69, 9.17) is 0 Å². The summed E-state index contributed by atoms with van der Waals surface area (Å²) in [6, 6.07) is 17.2. The van der Waals surface area contributed by atoms with Crippen LogP contribution in [0, 0.1) is 0 Å². The third kappa shape index (κ3) is 5.93. The van der Waals surface area contributed by atoms with Crippen LogP contribution in [0.1, 0.15) is 54.8 Å². The Kier molecular flexibility index (Phi) is 7.65. The first-order valence-corrected chi connectivity index (χ1v) is 12.2. The lowest BCUT2D eigenvalue weighted by Gasteiger charge is -2.36. The summed E-state index contributed by atoms with van der Waals surface area (Å²) < 4.78 is 0. The number of hydrogen-bond donors (Lipinski definition) is 2. The van der Waals surface area contributed by atoms with Crippen LogP contribution < -0.4 is 15.5 Å². The molecule has 2 N–H and O–H groups in total. The number of nitrogens with zero attached hydrogens (tertiary/aromatic N) is 2. The topological polar surface area (TPSA) is 64.7 Å². The molecule has 0 saturated heterocycles. The maximum absolute atomic E-state index is 12.6. The van der Waals surface area contributed by atoms with Crippen LogP contribution in [0.15, 0.2) is 48.5 Å². The lowest BCUT2D eigenvalue weighted by atomic mass is 9.95. The molecule has 1 fully saturated rings. The molecule has 0 radical (unpaired) electrons. The Morgan fingerprint density at radius 2 is 1.67 bits per heavy atom. The van der Waals surface area contributed by atoms with Crippen molar-refractivity contribution < 1.29 is 9.59 Å². The summed E-state index contributed by atoms with van der Waals surface area (Å²) in [5.41, 5.74) is 5.01. The Morgan fingerprint density at radius 1 is 0.970 bits per heavy atom. The minimum absolute atomic E-state index is 0.000925. The molecule has 1 aliphatic heterocycles. The van der Waals surface area contributed by atoms with Crippen LogP contribution in [-0.2, 0) is 22.6 Å². The van der Waals surface area contributed by atoms with Gasteiger partial charge in [0.2, 0.25) is 0 Å². The highest BCUT2D eigenvalue weighted by molar-refractivity contribution is 6.35. The van der Waals surface area contributed by atoms with Gasteiger partial charge >= 0.3 is 11.8 Å². The molecule has 2 amide bonds. The van der Waals surface area contributed by atoms with E-state index in [0.717, 1.165) is 56.4 Å². The summed E-state index contributed by atoms with van der Waals surface area (Å²) in [7, 11) is 4.05. The van der Waals surface area contributed by atoms with Crippen molar-refractivity contribution in [3.63, 3.8) is 0 Å². The van der Waals surface area contributed by atoms with Gasteiger partial charge in [-0.15, -0.1) is 0 Å². The van der Waals surface area contributed by atoms with Gasteiger partial charge in [-0.25, -0.2) is 0 Å². The first kappa shape index (κ1) is 23.3. The van der Waals surface area contributed by atoms with E-state index in [-0.39, 0.29) is 12.1 Å². The molecule has 0 aromatic heterocycles. The molecule has 4 rings (SSSR count). The molecule has 2 aromatic rings. The zero-order chi connectivity index (χ0) is 23.2. The number of rotatable bonds is 6. The minimum Gasteiger partial charge on any atom is -0.378 e. The van der Waals surface area contributed by atoms with Gasteiger partial charge in [0.1, 0.15) is 0 Å². The van der Waals surface area contributed by atoms with Gasteiger partial charge in [0, 0.05) is 45.5 Å². The van der Waals surface area contributed by atoms with Crippen LogP contribution in [-0.4, -0.2) is 49.9 Å². The Morgan fingerprint density at radius 3 is 2.36 bits per heavy atom. The lowest BCUT2D eigenvalue weighted by molar-refractivity contribution is -0.139. The number of anilines is 1. The largest absolute Gasteiger partial charge is 0.378 e. The van der Waals surface area contributed by atoms with Crippen molar-refractivity contribution in [3.05, 3.63) is 65.2 Å². The molecular weight excluding hydrogens is 412 g/mol. The molecule has 176 valence electrons. The first-order chi connectivity index (χ1) is 16.0. The normalized spacial score (nSPS) is 17.6. The highest BCUT2D eigenvalue weighted by Crippen LogP contribution is 2.28. The van der Waals surface area contributed by atoms with E-state index in [1.165, 1.54) is 17.5 Å². The van der Waals surface area contributed by atoms with Crippen LogP contribution in [0.5, 0.6) is 0 Å². The molecule has 2 aliphatic rings. The molecule has 1 atom stereocenters. The van der Waals surface area contributed by atoms with Crippen LogP contribution in [0.25, 0.3) is 0 Å². The molecule has 33 heavy (non-hydrogen) atoms. The number of carbonyl (C=O) groups is 2. The molecule has 6 heteroatoms. The van der Waals surface area contributed by atoms with Crippen LogP contribution in [0.4, 0.5) is 5.69 Å². The Bertz CT molecular complexity index is 951. The Hall–Kier alpha value is -2.86. The van der Waals surface area contributed by atoms with Gasteiger partial charge in [-0.2, -0.15) is 0 Å². The second-order valence-electron chi connectivity index (χ2n) is 9.51. The maximum atomic E-state index is 12.6. The van der Waals surface area contributed by atoms with Crippen molar-refractivity contribution in [2.24, 2.45) is 0 Å². The third-order valence-electron chi connectivity index (χ3n) is 7.00. The molecule has 1 saturated carbocycles. The van der Waals surface area contributed by atoms with Gasteiger partial charge < -0.3 is 15.5 Å². The molecule has 1 heterocycles. The summed E-state index contributed by atoms with van der Waals surface area (Å²) in [5.74, 6) is -1.04. The second-order valence-corrected chi connectivity index (χ2v) is 9.51. The number of amides is 2. The van der Waals surface area contributed by atoms with E-state index in [2.05, 4.69) is 69.0 Å². The van der Waals surface area contributed by atoms with Gasteiger partial charge in [0.15, 0.2) is 0 Å². The summed E-state index contributed by atoms with van der Waals surface area (Å²) >= 11 is 0. The van der Waals surface area contributed by atoms with Gasteiger partial charge in [-0.05, 0) is 48.1 Å². The summed E-state index contributed by atoms with van der Waals surface area (Å²) in [6.45, 7) is 2.15. The zero-order valence-corrected chi connectivity index (χ0v) is 19.8. The Labute approximate surface area is 197 Å². The summed E-state index contributed by atoms with van der Waals surface area (Å²) in [5, 5.41) is 5.85. The number of hydrogen-bond acceptors (Lipinski definition) is 4. The first-order valence-electron chi connectivity index (χ1n) is 12.2. The SMILES string of the molecule is CN(C)c1ccc(C(CNC(=O)C(=O)NC2CCCCC2)N2CCc3ccccc3C2)cc1. The average molecular weight is 449 g/mol. The zero-order valence-electron chi connectivity index (χ0n) is 19.8. The van der Waals surface area contributed by atoms with Crippen molar-refractivity contribution in [2.75, 3.05) is 32.1 Å². The van der Waals surface area contributed by atoms with Crippen LogP contribution in [0.3, 0.4) is 0 Å². The van der Waals surface area contributed by atoms with Crippen molar-refractivity contribution in [2.45, 2.75) is 57.2 Å². The van der Waals surface area contributed by atoms with Gasteiger partial charge in [0.25, 0.3) is 0 Å². The maximum Gasteiger partial charge on any atom is 0.309 e. The van der Waals surface area contributed by atoms with Gasteiger partial charge in [-0.1, -0.05) is 55.7 Å². The predicted molar refractivity (Wildman–Crippen MR) is 132 cm³/mol. The van der Waals surface area contributed by atoms with Crippen molar-refractivity contribution in [3.8, 4) is 0 Å². The van der Waals surface area contributed by atoms with E-state index < -0.39 is 11.8 Å². The highest BCUT2D eigenvalue weighted by Gasteiger charge is 2.27. The summed E-state index contributed by atoms with van der Waals surface area (Å²) in [6.07, 6.45) is 6.37. The van der Waals surface area contributed by atoms with E-state index in [0.29, 0.717) is 6.54 Å². The fourth-order valence-electron chi connectivity index (χ4n) is 5.00. The molecule has 6 nitrogen and oxygen atoms in total. The van der Waals surface area contributed by atoms with Gasteiger partial charge in [0.05, 0.1) is 6.04 Å². The smallest absolute Gasteiger partial charge is 0.309 e. The molecule has 1 aliphatic carbocycles. The fourth-order valence-corrected chi connectivity index (χ4v) is 5.00. The molecule has 0 spiro atoms. The van der Waals surface area contributed by atoms with E-state index >= 15 is 0 Å². The number of carbonyl (C=O) groups excluding carboxylic acids is 2. The average Bonchev–Trinajstić information content (AvgIpc) is 2.85. The van der Waals surface area contributed by atoms with E-state index in [1.54, 1.807) is 0 Å². The van der Waals surface area contributed by atoms with Gasteiger partial charge in [-0.3, -0.25) is 14.5 Å². The van der Waals surface area contributed by atoms with E-state index in [9.17, 15) is 9.59 Å². The predicted octanol–water partition coefficient (Wildman–Crippen LogP) is 3.42. The Balaban J connectivity index is 1.45. The number of fused-ring (bicyclic) bond motifs is 1. The van der Waals surface area contributed by atoms with Crippen LogP contribution >= 0.6 is 0 Å². The quantitative estimate of drug-likeness (QED) is 0.665. The van der Waals surface area contributed by atoms with Crippen molar-refractivity contribution in [1.82, 2.24) is 15.5 Å². The fraction of sp³-hybridized carbons (Fsp3) is 0.481. The second kappa shape index (κ2) is 10.8. The molecule has 1 unspecified atom stereocenters. The van der Waals surface area contributed by atoms with Crippen LogP contribution in [0.2, 0.25) is 0 Å². The molecule has 0 bridgehead atoms. The molecule has 2 aromatic carbocycles. The van der Waals surface area contributed by atoms with E-state index in [1.807, 2.05) is 14.1 Å². The third-order valence-corrected chi connectivity index (χ3v) is 7.00. The monoisotopic (exact) mass is 448 g/mol. The summed E-state index contributed by atoms with van der Waals surface area (Å²) in [4.78, 5) is 29.6. The molecular formula is C27H36N4O2. The van der Waals surface area contributed by atoms with Crippen molar-refractivity contribution in [1.29, 1.82) is 0 Å². The number of nitrogens with one attached hydrogen (secondary N) is 2. The highest BCUT2D eigenvalue weighted by atomic mass is 16.2. The standard InChI is InChI=1S/C27H36N4O2/c1-30(2)24-14-12-21(13-15-24)25(31-17-16-20-8-6-7-9-22(20)19-31)18-28-26(32)27(33)29-23-10-4-3-5-11-23/h6-9,12-15,23,25H,3-5,10-11,16-19H2,1-2H3,(H,28,32)(H,29,33). The lowest BCUT2D eigenvalue weighted by Crippen LogP contribution is -2.47. The van der Waals surface area contributed by atoms with Crippen molar-refractivity contribution >= 4 is 17.5 Å². The minimum atomic E-state index is -0.534.